The Morgan fingerprint density at radius 3 is 1.19 bits per heavy atom. The molecule has 2 aromatic carbocycles. The summed E-state index contributed by atoms with van der Waals surface area (Å²) in [5.41, 5.74) is -0.379. The third-order valence-electron chi connectivity index (χ3n) is 2.19. The highest BCUT2D eigenvalue weighted by Crippen LogP contribution is 2.27. The SMILES string of the molecule is N#[N+]c1cc(F)c(F)cc1Cl.N#[N+]c1cc(F)c(F)cc1Cl.O=S(=O)([O-])[O-]. The zero-order chi connectivity index (χ0) is 21.4. The van der Waals surface area contributed by atoms with Gasteiger partial charge in [-0.15, -0.1) is 0 Å². The smallest absolute Gasteiger partial charge is 0.406 e. The van der Waals surface area contributed by atoms with Crippen molar-refractivity contribution in [3.63, 3.8) is 0 Å². The van der Waals surface area contributed by atoms with Gasteiger partial charge < -0.3 is 9.11 Å². The molecule has 15 heteroatoms. The number of hydrogen-bond donors (Lipinski definition) is 0. The molecule has 0 unspecified atom stereocenters. The number of diazo groups is 2. The molecule has 2 rings (SSSR count). The Balaban J connectivity index is 0.000000405. The van der Waals surface area contributed by atoms with Crippen LogP contribution in [0.3, 0.4) is 0 Å². The maximum Gasteiger partial charge on any atom is 0.406 e. The normalized spacial score (nSPS) is 9.70. The van der Waals surface area contributed by atoms with Gasteiger partial charge in [0.15, 0.2) is 33.2 Å². The van der Waals surface area contributed by atoms with Crippen molar-refractivity contribution in [1.29, 1.82) is 10.8 Å². The molecule has 0 fully saturated rings. The average molecular weight is 447 g/mol. The van der Waals surface area contributed by atoms with Gasteiger partial charge in [-0.05, 0) is 0 Å². The first-order valence-corrected chi connectivity index (χ1v) is 8.05. The lowest BCUT2D eigenvalue weighted by Crippen LogP contribution is -1.91. The average Bonchev–Trinajstić information content (AvgIpc) is 2.53. The van der Waals surface area contributed by atoms with Crippen LogP contribution in [-0.4, -0.2) is 17.5 Å². The number of rotatable bonds is 0. The van der Waals surface area contributed by atoms with E-state index in [2.05, 4.69) is 9.95 Å². The molecule has 144 valence electrons. The fourth-order valence-electron chi connectivity index (χ4n) is 1.18. The highest BCUT2D eigenvalue weighted by Gasteiger charge is 2.17. The highest BCUT2D eigenvalue weighted by atomic mass is 35.5. The van der Waals surface area contributed by atoms with E-state index in [1.165, 1.54) is 0 Å². The van der Waals surface area contributed by atoms with Gasteiger partial charge in [-0.25, -0.2) is 17.6 Å². The molecule has 0 saturated carbocycles. The first-order valence-electron chi connectivity index (χ1n) is 5.96. The van der Waals surface area contributed by atoms with Crippen LogP contribution in [0.5, 0.6) is 0 Å². The largest absolute Gasteiger partial charge is 0.759 e. The van der Waals surface area contributed by atoms with E-state index in [0.717, 1.165) is 12.1 Å². The molecule has 0 N–H and O–H groups in total. The maximum absolute atomic E-state index is 12.3. The zero-order valence-electron chi connectivity index (χ0n) is 12.4. The Hall–Kier alpha value is -2.55. The van der Waals surface area contributed by atoms with Crippen LogP contribution < -0.4 is 0 Å². The Labute approximate surface area is 158 Å². The standard InChI is InChI=1S/2C6H2ClF2N2.H2O4S/c2*7-3-1-4(8)5(9)2-6(3)11-10;1-5(2,3)4/h2*1-2H;(H2,1,2,3,4)/q2*+1;/p-2. The molecule has 0 aliphatic rings. The number of nitrogens with zero attached hydrogens (tertiary/aromatic N) is 4. The molecule has 8 nitrogen and oxygen atoms in total. The first-order chi connectivity index (χ1) is 12.3. The van der Waals surface area contributed by atoms with Crippen LogP contribution in [0.15, 0.2) is 24.3 Å². The first kappa shape index (κ1) is 24.5. The van der Waals surface area contributed by atoms with Gasteiger partial charge in [-0.3, -0.25) is 8.42 Å². The van der Waals surface area contributed by atoms with Gasteiger partial charge >= 0.3 is 11.4 Å². The van der Waals surface area contributed by atoms with Crippen molar-refractivity contribution in [2.75, 3.05) is 0 Å². The van der Waals surface area contributed by atoms with Crippen molar-refractivity contribution in [2.45, 2.75) is 0 Å². The van der Waals surface area contributed by atoms with Gasteiger partial charge in [0, 0.05) is 22.5 Å². The molecule has 0 radical (unpaired) electrons. The van der Waals surface area contributed by atoms with Gasteiger partial charge in [-0.1, -0.05) is 23.2 Å². The second-order valence-corrected chi connectivity index (χ2v) is 5.67. The molecule has 0 amide bonds. The Kier molecular flexibility index (Phi) is 9.57. The minimum atomic E-state index is -5.17. The lowest BCUT2D eigenvalue weighted by molar-refractivity contribution is 0.352. The molecule has 0 saturated heterocycles. The molecule has 0 atom stereocenters. The summed E-state index contributed by atoms with van der Waals surface area (Å²) >= 11 is 10.7. The summed E-state index contributed by atoms with van der Waals surface area (Å²) in [7, 11) is -5.17. The van der Waals surface area contributed by atoms with Crippen molar-refractivity contribution >= 4 is 45.0 Å². The lowest BCUT2D eigenvalue weighted by Gasteiger charge is -2.06. The predicted molar refractivity (Wildman–Crippen MR) is 82.7 cm³/mol. The third kappa shape index (κ3) is 9.64. The van der Waals surface area contributed by atoms with E-state index in [9.17, 15) is 17.6 Å². The maximum atomic E-state index is 12.3. The van der Waals surface area contributed by atoms with Crippen molar-refractivity contribution in [2.24, 2.45) is 0 Å². The fraction of sp³-hybridized carbons (Fsp3) is 0. The van der Waals surface area contributed by atoms with Crippen LogP contribution in [0, 0.1) is 34.1 Å². The van der Waals surface area contributed by atoms with Crippen LogP contribution in [0.2, 0.25) is 10.0 Å². The monoisotopic (exact) mass is 446 g/mol. The summed E-state index contributed by atoms with van der Waals surface area (Å²) in [6.45, 7) is 0. The fourth-order valence-corrected chi connectivity index (χ4v) is 1.55. The van der Waals surface area contributed by atoms with Crippen molar-refractivity contribution in [3.8, 4) is 0 Å². The van der Waals surface area contributed by atoms with E-state index in [-0.39, 0.29) is 21.4 Å². The van der Waals surface area contributed by atoms with Crippen molar-refractivity contribution in [3.05, 3.63) is 67.5 Å². The van der Waals surface area contributed by atoms with Gasteiger partial charge in [0.1, 0.15) is 10.0 Å². The van der Waals surface area contributed by atoms with Crippen molar-refractivity contribution < 1.29 is 35.1 Å². The minimum absolute atomic E-state index is 0.133. The summed E-state index contributed by atoms with van der Waals surface area (Å²) in [5.74, 6) is -4.32. The van der Waals surface area contributed by atoms with Crippen LogP contribution in [0.1, 0.15) is 0 Å². The molecule has 27 heavy (non-hydrogen) atoms. The second-order valence-electron chi connectivity index (χ2n) is 4.04. The van der Waals surface area contributed by atoms with E-state index in [0.29, 0.717) is 12.1 Å². The Bertz CT molecular complexity index is 950. The molecule has 0 spiro atoms. The number of benzene rings is 2. The van der Waals surface area contributed by atoms with Crippen LogP contribution in [0.4, 0.5) is 28.9 Å². The quantitative estimate of drug-likeness (QED) is 0.186. The molecular weight excluding hydrogens is 443 g/mol. The molecule has 0 aliphatic carbocycles. The van der Waals surface area contributed by atoms with E-state index in [1.807, 2.05) is 0 Å². The summed E-state index contributed by atoms with van der Waals surface area (Å²) < 4.78 is 83.4. The molecule has 2 aromatic rings. The molecule has 0 aromatic heterocycles. The van der Waals surface area contributed by atoms with E-state index >= 15 is 0 Å². The van der Waals surface area contributed by atoms with Crippen molar-refractivity contribution in [1.82, 2.24) is 0 Å². The van der Waals surface area contributed by atoms with Gasteiger partial charge in [0.2, 0.25) is 10.8 Å². The van der Waals surface area contributed by atoms with Crippen LogP contribution in [-0.2, 0) is 10.4 Å². The number of hydrogen-bond acceptors (Lipinski definition) is 6. The molecule has 0 aliphatic heterocycles. The lowest BCUT2D eigenvalue weighted by atomic mass is 10.3. The molecular formula is C12H4Cl2F4N4O4S. The summed E-state index contributed by atoms with van der Waals surface area (Å²) in [6, 6.07) is 2.90. The van der Waals surface area contributed by atoms with Gasteiger partial charge in [0.05, 0.1) is 12.1 Å². The van der Waals surface area contributed by atoms with Crippen LogP contribution in [0.25, 0.3) is 9.95 Å². The molecule has 0 bridgehead atoms. The van der Waals surface area contributed by atoms with Gasteiger partial charge in [-0.2, -0.15) is 0 Å². The van der Waals surface area contributed by atoms with Crippen LogP contribution >= 0.6 is 23.2 Å². The number of halogens is 6. The van der Waals surface area contributed by atoms with E-state index < -0.39 is 33.7 Å². The Morgan fingerprint density at radius 1 is 0.741 bits per heavy atom. The minimum Gasteiger partial charge on any atom is -0.759 e. The summed E-state index contributed by atoms with van der Waals surface area (Å²) in [6.07, 6.45) is 0. The van der Waals surface area contributed by atoms with E-state index in [4.69, 9.17) is 51.5 Å². The topological polar surface area (TPSA) is 137 Å². The summed E-state index contributed by atoms with van der Waals surface area (Å²) in [4.78, 5) is 5.27. The second kappa shape index (κ2) is 10.6. The molecule has 0 heterocycles. The zero-order valence-corrected chi connectivity index (χ0v) is 14.7. The Morgan fingerprint density at radius 2 is 0.963 bits per heavy atom. The van der Waals surface area contributed by atoms with Gasteiger partial charge in [0.25, 0.3) is 0 Å². The summed E-state index contributed by atoms with van der Waals surface area (Å²) in [5, 5.41) is 16.1. The predicted octanol–water partition coefficient (Wildman–Crippen LogP) is 4.87. The third-order valence-corrected chi connectivity index (χ3v) is 2.80. The van der Waals surface area contributed by atoms with E-state index in [1.54, 1.807) is 0 Å². The highest BCUT2D eigenvalue weighted by molar-refractivity contribution is 7.79.